The van der Waals surface area contributed by atoms with Gasteiger partial charge in [-0.05, 0) is 26.3 Å². The molecule has 0 aliphatic rings. The largest absolute Gasteiger partial charge is 0.353 e. The minimum Gasteiger partial charge on any atom is -0.353 e. The Kier molecular flexibility index (Phi) is 11.2. The molecule has 0 aliphatic heterocycles. The number of rotatable bonds is 9. The molecule has 0 N–H and O–H groups in total. The van der Waals surface area contributed by atoms with Crippen molar-refractivity contribution in [2.24, 2.45) is 0 Å². The summed E-state index contributed by atoms with van der Waals surface area (Å²) >= 11 is 3.44. The van der Waals surface area contributed by atoms with Crippen molar-refractivity contribution in [1.29, 1.82) is 0 Å². The Morgan fingerprint density at radius 2 is 1.85 bits per heavy atom. The molecule has 0 fully saturated rings. The van der Waals surface area contributed by atoms with E-state index < -0.39 is 0 Å². The lowest BCUT2D eigenvalue weighted by Gasteiger charge is -2.16. The molecule has 0 bridgehead atoms. The Labute approximate surface area is 92.3 Å². The highest BCUT2D eigenvalue weighted by atomic mass is 79.9. The third kappa shape index (κ3) is 8.93. The maximum atomic E-state index is 5.46. The van der Waals surface area contributed by atoms with Crippen LogP contribution in [0.25, 0.3) is 0 Å². The highest BCUT2D eigenvalue weighted by molar-refractivity contribution is 9.09. The van der Waals surface area contributed by atoms with E-state index in [-0.39, 0.29) is 15.8 Å². The Morgan fingerprint density at radius 3 is 2.31 bits per heavy atom. The van der Waals surface area contributed by atoms with Crippen molar-refractivity contribution in [3.63, 3.8) is 0 Å². The predicted octanol–water partition coefficient (Wildman–Crippen LogP) is 2.18. The number of halogens is 1. The smallest absolute Gasteiger partial charge is 0.154 e. The van der Waals surface area contributed by atoms with E-state index in [1.165, 1.54) is 12.5 Å². The first-order chi connectivity index (χ1) is 6.35. The van der Waals surface area contributed by atoms with E-state index in [9.17, 15) is 0 Å². The van der Waals surface area contributed by atoms with Crippen molar-refractivity contribution in [2.45, 2.75) is 38.6 Å². The van der Waals surface area contributed by atoms with Gasteiger partial charge in [-0.25, -0.2) is 0 Å². The second-order valence-electron chi connectivity index (χ2n) is 2.88. The molecule has 0 spiro atoms. The molecule has 13 heavy (non-hydrogen) atoms. The summed E-state index contributed by atoms with van der Waals surface area (Å²) in [7, 11) is 0.0323. The van der Waals surface area contributed by atoms with Crippen LogP contribution in [0.4, 0.5) is 0 Å². The van der Waals surface area contributed by atoms with E-state index in [0.717, 1.165) is 24.6 Å². The number of hydrogen-bond donors (Lipinski definition) is 0. The third-order valence-corrected chi connectivity index (χ3v) is 4.22. The van der Waals surface area contributed by atoms with Gasteiger partial charge < -0.3 is 9.47 Å². The molecule has 0 amide bonds. The Morgan fingerprint density at radius 1 is 1.23 bits per heavy atom. The van der Waals surface area contributed by atoms with E-state index >= 15 is 0 Å². The van der Waals surface area contributed by atoms with E-state index in [1.54, 1.807) is 0 Å². The van der Waals surface area contributed by atoms with Crippen molar-refractivity contribution in [2.75, 3.05) is 18.5 Å². The molecular formula is C9H21BrO2Si. The van der Waals surface area contributed by atoms with Crippen LogP contribution >= 0.6 is 15.9 Å². The molecule has 0 unspecified atom stereocenters. The van der Waals surface area contributed by atoms with Gasteiger partial charge in [0.2, 0.25) is 0 Å². The third-order valence-electron chi connectivity index (χ3n) is 1.78. The highest BCUT2D eigenvalue weighted by Crippen LogP contribution is 2.04. The van der Waals surface area contributed by atoms with Gasteiger partial charge in [0.15, 0.2) is 6.29 Å². The summed E-state index contributed by atoms with van der Waals surface area (Å²) in [6.45, 7) is 5.56. The maximum absolute atomic E-state index is 5.46. The molecule has 0 saturated heterocycles. The van der Waals surface area contributed by atoms with Crippen LogP contribution < -0.4 is 0 Å². The first kappa shape index (κ1) is 13.6. The van der Waals surface area contributed by atoms with E-state index in [2.05, 4.69) is 15.9 Å². The summed E-state index contributed by atoms with van der Waals surface area (Å²) in [5, 5.41) is 1.13. The fourth-order valence-electron chi connectivity index (χ4n) is 1.17. The average Bonchev–Trinajstić information content (AvgIpc) is 2.13. The molecule has 0 heterocycles. The molecule has 0 aromatic heterocycles. The summed E-state index contributed by atoms with van der Waals surface area (Å²) < 4.78 is 10.9. The summed E-state index contributed by atoms with van der Waals surface area (Å²) in [6.07, 6.45) is 1.38. The molecule has 80 valence electrons. The Hall–Kier alpha value is 0.617. The quantitative estimate of drug-likeness (QED) is 0.276. The van der Waals surface area contributed by atoms with E-state index in [4.69, 9.17) is 9.47 Å². The van der Waals surface area contributed by atoms with Crippen molar-refractivity contribution in [3.8, 4) is 0 Å². The topological polar surface area (TPSA) is 18.5 Å². The monoisotopic (exact) mass is 268 g/mol. The average molecular weight is 269 g/mol. The molecule has 0 rings (SSSR count). The SMILES string of the molecule is CCOC(C[SiH2]CCCBr)OCC. The zero-order valence-electron chi connectivity index (χ0n) is 8.72. The molecule has 0 aromatic rings. The second-order valence-corrected chi connectivity index (χ2v) is 5.66. The maximum Gasteiger partial charge on any atom is 0.154 e. The van der Waals surface area contributed by atoms with E-state index in [1.807, 2.05) is 13.8 Å². The van der Waals surface area contributed by atoms with Gasteiger partial charge in [-0.2, -0.15) is 0 Å². The molecule has 0 saturated carbocycles. The van der Waals surface area contributed by atoms with Gasteiger partial charge in [-0.3, -0.25) is 0 Å². The van der Waals surface area contributed by atoms with Crippen LogP contribution in [0.1, 0.15) is 20.3 Å². The van der Waals surface area contributed by atoms with E-state index in [0.29, 0.717) is 0 Å². The van der Waals surface area contributed by atoms with Gasteiger partial charge in [0, 0.05) is 28.1 Å². The van der Waals surface area contributed by atoms with Gasteiger partial charge in [0.05, 0.1) is 0 Å². The Bertz CT molecular complexity index is 97.6. The van der Waals surface area contributed by atoms with Crippen LogP contribution in [0.2, 0.25) is 12.1 Å². The first-order valence-corrected chi connectivity index (χ1v) is 8.26. The van der Waals surface area contributed by atoms with Gasteiger partial charge in [0.25, 0.3) is 0 Å². The first-order valence-electron chi connectivity index (χ1n) is 5.14. The molecule has 0 aromatic carbocycles. The zero-order chi connectivity index (χ0) is 9.94. The van der Waals surface area contributed by atoms with Crippen LogP contribution in [0.5, 0.6) is 0 Å². The Balaban J connectivity index is 3.33. The van der Waals surface area contributed by atoms with Gasteiger partial charge in [0.1, 0.15) is 0 Å². The zero-order valence-corrected chi connectivity index (χ0v) is 11.7. The number of hydrogen-bond acceptors (Lipinski definition) is 2. The summed E-state index contributed by atoms with van der Waals surface area (Å²) in [6, 6.07) is 2.55. The van der Waals surface area contributed by atoms with Gasteiger partial charge >= 0.3 is 0 Å². The van der Waals surface area contributed by atoms with Crippen molar-refractivity contribution < 1.29 is 9.47 Å². The standard InChI is InChI=1S/C9H21BrO2Si/c1-3-11-9(12-4-2)8-13-7-5-6-10/h9H,3-8,13H2,1-2H3. The van der Waals surface area contributed by atoms with Crippen LogP contribution in [0, 0.1) is 0 Å². The summed E-state index contributed by atoms with van der Waals surface area (Å²) in [5.74, 6) is 0. The summed E-state index contributed by atoms with van der Waals surface area (Å²) in [5.41, 5.74) is 0. The molecule has 2 nitrogen and oxygen atoms in total. The van der Waals surface area contributed by atoms with Crippen molar-refractivity contribution in [3.05, 3.63) is 0 Å². The number of ether oxygens (including phenoxy) is 2. The van der Waals surface area contributed by atoms with Crippen LogP contribution in [0.15, 0.2) is 0 Å². The van der Waals surface area contributed by atoms with Crippen molar-refractivity contribution >= 4 is 25.4 Å². The lowest BCUT2D eigenvalue weighted by atomic mass is 10.6. The predicted molar refractivity (Wildman–Crippen MR) is 63.6 cm³/mol. The van der Waals surface area contributed by atoms with Crippen molar-refractivity contribution in [1.82, 2.24) is 0 Å². The van der Waals surface area contributed by atoms with Crippen LogP contribution in [0.3, 0.4) is 0 Å². The lowest BCUT2D eigenvalue weighted by molar-refractivity contribution is -0.123. The fourth-order valence-corrected chi connectivity index (χ4v) is 3.86. The normalized spacial score (nSPS) is 12.0. The molecule has 4 heteroatoms. The van der Waals surface area contributed by atoms with Gasteiger partial charge in [-0.15, -0.1) is 0 Å². The molecule has 0 radical (unpaired) electrons. The molecular weight excluding hydrogens is 248 g/mol. The number of alkyl halides is 1. The van der Waals surface area contributed by atoms with Gasteiger partial charge in [-0.1, -0.05) is 22.0 Å². The molecule has 0 aliphatic carbocycles. The highest BCUT2D eigenvalue weighted by Gasteiger charge is 2.06. The van der Waals surface area contributed by atoms with Crippen LogP contribution in [-0.2, 0) is 9.47 Å². The lowest BCUT2D eigenvalue weighted by Crippen LogP contribution is -2.18. The van der Waals surface area contributed by atoms with Crippen LogP contribution in [-0.4, -0.2) is 34.4 Å². The fraction of sp³-hybridized carbons (Fsp3) is 1.00. The minimum atomic E-state index is 0.0323. The summed E-state index contributed by atoms with van der Waals surface area (Å²) in [4.78, 5) is 0. The molecule has 0 atom stereocenters. The second kappa shape index (κ2) is 10.7. The minimum absolute atomic E-state index is 0.0323.